The molecule has 1 aromatic rings. The highest BCUT2D eigenvalue weighted by Crippen LogP contribution is 2.31. The Labute approximate surface area is 108 Å². The van der Waals surface area contributed by atoms with E-state index in [4.69, 9.17) is 4.74 Å². The highest BCUT2D eigenvalue weighted by Gasteiger charge is 2.29. The second-order valence-corrected chi connectivity index (χ2v) is 5.04. The summed E-state index contributed by atoms with van der Waals surface area (Å²) >= 11 is 0. The zero-order chi connectivity index (χ0) is 13.3. The number of likely N-dealkylation sites (N-methyl/N-ethyl adjacent to an activating group) is 1. The van der Waals surface area contributed by atoms with Crippen molar-refractivity contribution in [2.75, 3.05) is 20.7 Å². The number of hydrogen-bond acceptors (Lipinski definition) is 2. The van der Waals surface area contributed by atoms with Gasteiger partial charge in [0.25, 0.3) is 0 Å². The first-order valence-corrected chi connectivity index (χ1v) is 6.22. The molecule has 0 aromatic heterocycles. The molecule has 4 nitrogen and oxygen atoms in total. The number of rotatable bonds is 3. The van der Waals surface area contributed by atoms with Crippen LogP contribution in [0.5, 0.6) is 5.75 Å². The van der Waals surface area contributed by atoms with Crippen LogP contribution in [0.1, 0.15) is 36.9 Å². The lowest BCUT2D eigenvalue weighted by molar-refractivity contribution is 0.226. The van der Waals surface area contributed by atoms with E-state index in [1.54, 1.807) is 19.1 Å². The normalized spacial score (nSPS) is 19.3. The van der Waals surface area contributed by atoms with Crippen molar-refractivity contribution in [1.82, 2.24) is 10.2 Å². The molecule has 0 spiro atoms. The highest BCUT2D eigenvalue weighted by molar-refractivity contribution is 5.77. The smallest absolute Gasteiger partial charge is 0.317 e. The predicted molar refractivity (Wildman–Crippen MR) is 71.0 cm³/mol. The second kappa shape index (κ2) is 4.88. The van der Waals surface area contributed by atoms with Gasteiger partial charge in [0, 0.05) is 19.2 Å². The highest BCUT2D eigenvalue weighted by atomic mass is 16.5. The summed E-state index contributed by atoms with van der Waals surface area (Å²) in [5, 5.41) is 2.97. The summed E-state index contributed by atoms with van der Waals surface area (Å²) in [6.45, 7) is 4.99. The number of carbonyl (C=O) groups is 1. The van der Waals surface area contributed by atoms with Gasteiger partial charge in [0.1, 0.15) is 5.75 Å². The van der Waals surface area contributed by atoms with E-state index in [1.807, 2.05) is 6.07 Å². The summed E-state index contributed by atoms with van der Waals surface area (Å²) in [6.07, 6.45) is 0. The summed E-state index contributed by atoms with van der Waals surface area (Å²) in [5.74, 6) is 1.30. The largest absolute Gasteiger partial charge is 0.496 e. The molecule has 1 aliphatic heterocycles. The van der Waals surface area contributed by atoms with Crippen LogP contribution in [0.2, 0.25) is 0 Å². The Morgan fingerprint density at radius 3 is 2.67 bits per heavy atom. The predicted octanol–water partition coefficient (Wildman–Crippen LogP) is 2.51. The molecule has 1 heterocycles. The van der Waals surface area contributed by atoms with Crippen LogP contribution in [0.25, 0.3) is 0 Å². The first kappa shape index (κ1) is 12.7. The number of hydrogen-bond donors (Lipinski definition) is 1. The van der Waals surface area contributed by atoms with E-state index >= 15 is 0 Å². The van der Waals surface area contributed by atoms with Crippen molar-refractivity contribution in [3.63, 3.8) is 0 Å². The number of benzene rings is 1. The van der Waals surface area contributed by atoms with E-state index in [0.29, 0.717) is 12.5 Å². The molecular formula is C14H20N2O2. The topological polar surface area (TPSA) is 41.6 Å². The van der Waals surface area contributed by atoms with Gasteiger partial charge >= 0.3 is 6.03 Å². The number of carbonyl (C=O) groups excluding carboxylic acids is 1. The Morgan fingerprint density at radius 1 is 1.44 bits per heavy atom. The fraction of sp³-hybridized carbons (Fsp3) is 0.500. The second-order valence-electron chi connectivity index (χ2n) is 5.04. The Bertz CT molecular complexity index is 457. The minimum Gasteiger partial charge on any atom is -0.496 e. The van der Waals surface area contributed by atoms with Crippen LogP contribution in [-0.2, 0) is 0 Å². The minimum atomic E-state index is -0.0306. The molecule has 18 heavy (non-hydrogen) atoms. The van der Waals surface area contributed by atoms with E-state index < -0.39 is 0 Å². The lowest BCUT2D eigenvalue weighted by atomic mass is 9.97. The fourth-order valence-electron chi connectivity index (χ4n) is 2.22. The molecule has 2 rings (SSSR count). The summed E-state index contributed by atoms with van der Waals surface area (Å²) in [7, 11) is 3.46. The molecule has 0 aliphatic carbocycles. The number of nitrogens with zero attached hydrogens (tertiary/aromatic N) is 1. The van der Waals surface area contributed by atoms with Gasteiger partial charge in [0.15, 0.2) is 0 Å². The third kappa shape index (κ3) is 2.28. The molecule has 1 atom stereocenters. The maximum atomic E-state index is 11.6. The first-order valence-electron chi connectivity index (χ1n) is 6.22. The molecule has 0 saturated carbocycles. The van der Waals surface area contributed by atoms with Crippen LogP contribution in [0, 0.1) is 0 Å². The van der Waals surface area contributed by atoms with Gasteiger partial charge in [-0.3, -0.25) is 0 Å². The van der Waals surface area contributed by atoms with Crippen LogP contribution in [0.15, 0.2) is 18.2 Å². The van der Waals surface area contributed by atoms with Crippen molar-refractivity contribution >= 4 is 6.03 Å². The standard InChI is InChI=1S/C14H20N2O2/c1-9(2)10-5-6-13(18-4)11(7-10)12-8-16(3)14(17)15-12/h5-7,9,12H,8H2,1-4H3,(H,15,17). The summed E-state index contributed by atoms with van der Waals surface area (Å²) < 4.78 is 5.39. The maximum Gasteiger partial charge on any atom is 0.317 e. The molecular weight excluding hydrogens is 228 g/mol. The summed E-state index contributed by atoms with van der Waals surface area (Å²) in [6, 6.07) is 6.17. The third-order valence-corrected chi connectivity index (χ3v) is 3.40. The Kier molecular flexibility index (Phi) is 3.45. The quantitative estimate of drug-likeness (QED) is 0.893. The molecule has 1 fully saturated rings. The van der Waals surface area contributed by atoms with Crippen molar-refractivity contribution < 1.29 is 9.53 Å². The fourth-order valence-corrected chi connectivity index (χ4v) is 2.22. The van der Waals surface area contributed by atoms with Crippen molar-refractivity contribution in [3.8, 4) is 5.75 Å². The summed E-state index contributed by atoms with van der Waals surface area (Å²) in [4.78, 5) is 13.2. The molecule has 98 valence electrons. The Morgan fingerprint density at radius 2 is 2.17 bits per heavy atom. The zero-order valence-electron chi connectivity index (χ0n) is 11.4. The van der Waals surface area contributed by atoms with Gasteiger partial charge < -0.3 is 15.0 Å². The Hall–Kier alpha value is -1.71. The van der Waals surface area contributed by atoms with Gasteiger partial charge in [-0.25, -0.2) is 4.79 Å². The number of nitrogens with one attached hydrogen (secondary N) is 1. The number of methoxy groups -OCH3 is 1. The SMILES string of the molecule is COc1ccc(C(C)C)cc1C1CN(C)C(=O)N1. The van der Waals surface area contributed by atoms with Crippen LogP contribution < -0.4 is 10.1 Å². The van der Waals surface area contributed by atoms with Gasteiger partial charge in [-0.2, -0.15) is 0 Å². The van der Waals surface area contributed by atoms with E-state index in [0.717, 1.165) is 11.3 Å². The van der Waals surface area contributed by atoms with Crippen molar-refractivity contribution in [1.29, 1.82) is 0 Å². The van der Waals surface area contributed by atoms with Crippen molar-refractivity contribution in [2.45, 2.75) is 25.8 Å². The van der Waals surface area contributed by atoms with Gasteiger partial charge in [0.05, 0.1) is 13.2 Å². The molecule has 0 bridgehead atoms. The zero-order valence-corrected chi connectivity index (χ0v) is 11.4. The van der Waals surface area contributed by atoms with Crippen LogP contribution in [0.3, 0.4) is 0 Å². The van der Waals surface area contributed by atoms with E-state index in [9.17, 15) is 4.79 Å². The molecule has 1 aromatic carbocycles. The minimum absolute atomic E-state index is 0.0103. The van der Waals surface area contributed by atoms with Crippen LogP contribution >= 0.6 is 0 Å². The van der Waals surface area contributed by atoms with Gasteiger partial charge in [-0.15, -0.1) is 0 Å². The molecule has 4 heteroatoms. The number of urea groups is 1. The molecule has 0 radical (unpaired) electrons. The molecule has 1 saturated heterocycles. The lowest BCUT2D eigenvalue weighted by Crippen LogP contribution is -2.24. The van der Waals surface area contributed by atoms with E-state index in [2.05, 4.69) is 31.3 Å². The molecule has 2 amide bonds. The van der Waals surface area contributed by atoms with Gasteiger partial charge in [-0.05, 0) is 23.6 Å². The average molecular weight is 248 g/mol. The van der Waals surface area contributed by atoms with E-state index in [-0.39, 0.29) is 12.1 Å². The van der Waals surface area contributed by atoms with Crippen molar-refractivity contribution in [3.05, 3.63) is 29.3 Å². The molecule has 1 aliphatic rings. The Balaban J connectivity index is 2.35. The maximum absolute atomic E-state index is 11.6. The van der Waals surface area contributed by atoms with Crippen molar-refractivity contribution in [2.24, 2.45) is 0 Å². The van der Waals surface area contributed by atoms with E-state index in [1.165, 1.54) is 5.56 Å². The van der Waals surface area contributed by atoms with Gasteiger partial charge in [-0.1, -0.05) is 19.9 Å². The molecule has 1 unspecified atom stereocenters. The third-order valence-electron chi connectivity index (χ3n) is 3.40. The monoisotopic (exact) mass is 248 g/mol. The number of amides is 2. The lowest BCUT2D eigenvalue weighted by Gasteiger charge is -2.17. The molecule has 1 N–H and O–H groups in total. The number of ether oxygens (including phenoxy) is 1. The first-order chi connectivity index (χ1) is 8.52. The van der Waals surface area contributed by atoms with Crippen LogP contribution in [-0.4, -0.2) is 31.6 Å². The summed E-state index contributed by atoms with van der Waals surface area (Å²) in [5.41, 5.74) is 2.32. The van der Waals surface area contributed by atoms with Crippen LogP contribution in [0.4, 0.5) is 4.79 Å². The van der Waals surface area contributed by atoms with Gasteiger partial charge in [0.2, 0.25) is 0 Å². The average Bonchev–Trinajstić information content (AvgIpc) is 2.68.